The fraction of sp³-hybridized carbons (Fsp3) is 0.350. The topological polar surface area (TPSA) is 50.8 Å². The van der Waals surface area contributed by atoms with Gasteiger partial charge in [0.25, 0.3) is 0 Å². The van der Waals surface area contributed by atoms with Gasteiger partial charge in [-0.1, -0.05) is 24.3 Å². The average Bonchev–Trinajstić information content (AvgIpc) is 2.62. The molecule has 1 atom stereocenters. The third kappa shape index (κ3) is 4.32. The van der Waals surface area contributed by atoms with Crippen molar-refractivity contribution >= 4 is 5.91 Å². The third-order valence-electron chi connectivity index (χ3n) is 4.38. The lowest BCUT2D eigenvalue weighted by Gasteiger charge is -2.27. The molecule has 1 aliphatic heterocycles. The summed E-state index contributed by atoms with van der Waals surface area (Å²) in [6.07, 6.45) is 0.746. The SMILES string of the molecule is COc1ccc(CN(C)CC(=O)N[C@@H]2CCOc3ccccc32)cc1F. The average molecular weight is 358 g/mol. The Labute approximate surface area is 152 Å². The molecule has 2 aromatic rings. The Morgan fingerprint density at radius 2 is 2.15 bits per heavy atom. The van der Waals surface area contributed by atoms with Crippen molar-refractivity contribution in [2.45, 2.75) is 19.0 Å². The zero-order valence-corrected chi connectivity index (χ0v) is 15.0. The van der Waals surface area contributed by atoms with Gasteiger partial charge in [-0.3, -0.25) is 9.69 Å². The van der Waals surface area contributed by atoms with Gasteiger partial charge in [-0.2, -0.15) is 0 Å². The highest BCUT2D eigenvalue weighted by Crippen LogP contribution is 2.31. The molecule has 0 aromatic heterocycles. The molecule has 0 saturated heterocycles. The number of amides is 1. The van der Waals surface area contributed by atoms with E-state index in [-0.39, 0.29) is 24.2 Å². The molecule has 5 nitrogen and oxygen atoms in total. The van der Waals surface area contributed by atoms with Crippen molar-refractivity contribution in [1.29, 1.82) is 0 Å². The highest BCUT2D eigenvalue weighted by Gasteiger charge is 2.22. The number of hydrogen-bond acceptors (Lipinski definition) is 4. The maximum Gasteiger partial charge on any atom is 0.234 e. The first-order valence-corrected chi connectivity index (χ1v) is 8.59. The van der Waals surface area contributed by atoms with E-state index in [9.17, 15) is 9.18 Å². The summed E-state index contributed by atoms with van der Waals surface area (Å²) in [5, 5.41) is 3.07. The number of rotatable bonds is 6. The van der Waals surface area contributed by atoms with Crippen LogP contribution in [0.4, 0.5) is 4.39 Å². The van der Waals surface area contributed by atoms with E-state index >= 15 is 0 Å². The third-order valence-corrected chi connectivity index (χ3v) is 4.38. The van der Waals surface area contributed by atoms with Crippen molar-refractivity contribution in [3.05, 3.63) is 59.4 Å². The van der Waals surface area contributed by atoms with Crippen LogP contribution in [0.2, 0.25) is 0 Å². The van der Waals surface area contributed by atoms with Crippen LogP contribution in [0, 0.1) is 5.82 Å². The first-order valence-electron chi connectivity index (χ1n) is 8.59. The monoisotopic (exact) mass is 358 g/mol. The van der Waals surface area contributed by atoms with E-state index in [4.69, 9.17) is 9.47 Å². The van der Waals surface area contributed by atoms with E-state index in [1.807, 2.05) is 36.2 Å². The number of nitrogens with one attached hydrogen (secondary N) is 1. The van der Waals surface area contributed by atoms with Crippen LogP contribution in [-0.4, -0.2) is 38.1 Å². The number of likely N-dealkylation sites (N-methyl/N-ethyl adjacent to an activating group) is 1. The lowest BCUT2D eigenvalue weighted by atomic mass is 10.0. The number of nitrogens with zero attached hydrogens (tertiary/aromatic N) is 1. The minimum atomic E-state index is -0.401. The van der Waals surface area contributed by atoms with Gasteiger partial charge in [-0.25, -0.2) is 4.39 Å². The van der Waals surface area contributed by atoms with Gasteiger partial charge in [0, 0.05) is 18.5 Å². The van der Waals surface area contributed by atoms with Gasteiger partial charge in [0.15, 0.2) is 11.6 Å². The molecule has 1 N–H and O–H groups in total. The zero-order valence-electron chi connectivity index (χ0n) is 15.0. The largest absolute Gasteiger partial charge is 0.494 e. The molecule has 6 heteroatoms. The number of halogens is 1. The van der Waals surface area contributed by atoms with Crippen LogP contribution in [-0.2, 0) is 11.3 Å². The molecule has 138 valence electrons. The molecule has 0 saturated carbocycles. The second-order valence-electron chi connectivity index (χ2n) is 6.44. The van der Waals surface area contributed by atoms with Crippen LogP contribution < -0.4 is 14.8 Å². The summed E-state index contributed by atoms with van der Waals surface area (Å²) in [5.41, 5.74) is 1.79. The number of para-hydroxylation sites is 1. The number of benzene rings is 2. The van der Waals surface area contributed by atoms with Crippen LogP contribution in [0.1, 0.15) is 23.6 Å². The fourth-order valence-corrected chi connectivity index (χ4v) is 3.15. The van der Waals surface area contributed by atoms with Crippen LogP contribution in [0.15, 0.2) is 42.5 Å². The van der Waals surface area contributed by atoms with E-state index in [0.29, 0.717) is 13.2 Å². The summed E-state index contributed by atoms with van der Waals surface area (Å²) < 4.78 is 24.3. The van der Waals surface area contributed by atoms with Gasteiger partial charge >= 0.3 is 0 Å². The molecular formula is C20H23FN2O3. The van der Waals surface area contributed by atoms with Gasteiger partial charge in [0.2, 0.25) is 5.91 Å². The second kappa shape index (κ2) is 8.19. The number of methoxy groups -OCH3 is 1. The first-order chi connectivity index (χ1) is 12.6. The highest BCUT2D eigenvalue weighted by atomic mass is 19.1. The van der Waals surface area contributed by atoms with Crippen molar-refractivity contribution < 1.29 is 18.7 Å². The molecule has 0 unspecified atom stereocenters. The maximum atomic E-state index is 13.8. The lowest BCUT2D eigenvalue weighted by Crippen LogP contribution is -2.38. The fourth-order valence-electron chi connectivity index (χ4n) is 3.15. The number of ether oxygens (including phenoxy) is 2. The van der Waals surface area contributed by atoms with Gasteiger partial charge in [0.05, 0.1) is 26.3 Å². The van der Waals surface area contributed by atoms with Gasteiger partial charge in [-0.05, 0) is 30.8 Å². The normalized spacial score (nSPS) is 15.9. The van der Waals surface area contributed by atoms with E-state index in [0.717, 1.165) is 23.3 Å². The van der Waals surface area contributed by atoms with Crippen LogP contribution in [0.3, 0.4) is 0 Å². The number of hydrogen-bond donors (Lipinski definition) is 1. The van der Waals surface area contributed by atoms with Crippen LogP contribution in [0.5, 0.6) is 11.5 Å². The molecule has 0 bridgehead atoms. The van der Waals surface area contributed by atoms with Crippen molar-refractivity contribution in [2.75, 3.05) is 27.3 Å². The van der Waals surface area contributed by atoms with Crippen molar-refractivity contribution in [1.82, 2.24) is 10.2 Å². The zero-order chi connectivity index (χ0) is 18.5. The Balaban J connectivity index is 1.56. The predicted octanol–water partition coefficient (Wildman–Crippen LogP) is 2.91. The molecule has 3 rings (SSSR count). The number of carbonyl (C=O) groups excluding carboxylic acids is 1. The maximum absolute atomic E-state index is 13.8. The van der Waals surface area contributed by atoms with Crippen molar-refractivity contribution in [2.24, 2.45) is 0 Å². The summed E-state index contributed by atoms with van der Waals surface area (Å²) in [6, 6.07) is 12.5. The lowest BCUT2D eigenvalue weighted by molar-refractivity contribution is -0.123. The van der Waals surface area contributed by atoms with E-state index in [2.05, 4.69) is 5.32 Å². The summed E-state index contributed by atoms with van der Waals surface area (Å²) in [6.45, 7) is 1.29. The molecule has 0 spiro atoms. The minimum Gasteiger partial charge on any atom is -0.494 e. The molecule has 2 aromatic carbocycles. The van der Waals surface area contributed by atoms with E-state index in [1.165, 1.54) is 13.2 Å². The van der Waals surface area contributed by atoms with Crippen LogP contribution in [0.25, 0.3) is 0 Å². The molecule has 26 heavy (non-hydrogen) atoms. The Hall–Kier alpha value is -2.60. The van der Waals surface area contributed by atoms with Crippen molar-refractivity contribution in [3.63, 3.8) is 0 Å². The Kier molecular flexibility index (Phi) is 5.73. The van der Waals surface area contributed by atoms with E-state index < -0.39 is 5.82 Å². The molecule has 0 fully saturated rings. The molecule has 0 radical (unpaired) electrons. The van der Waals surface area contributed by atoms with Gasteiger partial charge < -0.3 is 14.8 Å². The smallest absolute Gasteiger partial charge is 0.234 e. The van der Waals surface area contributed by atoms with Crippen LogP contribution >= 0.6 is 0 Å². The standard InChI is InChI=1S/C20H23FN2O3/c1-23(12-14-7-8-19(25-2)16(21)11-14)13-20(24)22-17-9-10-26-18-6-4-3-5-15(17)18/h3-8,11,17H,9-10,12-13H2,1-2H3,(H,22,24)/t17-/m1/s1. The molecule has 1 aliphatic rings. The molecule has 1 amide bonds. The summed E-state index contributed by atoms with van der Waals surface area (Å²) in [4.78, 5) is 14.3. The van der Waals surface area contributed by atoms with Crippen molar-refractivity contribution in [3.8, 4) is 11.5 Å². The molecule has 1 heterocycles. The molecule has 0 aliphatic carbocycles. The summed E-state index contributed by atoms with van der Waals surface area (Å²) in [5.74, 6) is 0.572. The number of carbonyl (C=O) groups is 1. The van der Waals surface area contributed by atoms with Gasteiger partial charge in [-0.15, -0.1) is 0 Å². The summed E-state index contributed by atoms with van der Waals surface area (Å²) >= 11 is 0. The Bertz CT molecular complexity index is 781. The quantitative estimate of drug-likeness (QED) is 0.863. The van der Waals surface area contributed by atoms with Gasteiger partial charge in [0.1, 0.15) is 5.75 Å². The highest BCUT2D eigenvalue weighted by molar-refractivity contribution is 5.78. The second-order valence-corrected chi connectivity index (χ2v) is 6.44. The minimum absolute atomic E-state index is 0.0423. The predicted molar refractivity (Wildman–Crippen MR) is 96.7 cm³/mol. The first kappa shape index (κ1) is 18.2. The Morgan fingerprint density at radius 3 is 2.92 bits per heavy atom. The number of fused-ring (bicyclic) bond motifs is 1. The molecular weight excluding hydrogens is 335 g/mol. The summed E-state index contributed by atoms with van der Waals surface area (Å²) in [7, 11) is 3.27. The Morgan fingerprint density at radius 1 is 1.35 bits per heavy atom. The van der Waals surface area contributed by atoms with E-state index in [1.54, 1.807) is 12.1 Å².